The summed E-state index contributed by atoms with van der Waals surface area (Å²) in [5.41, 5.74) is 4.38. The molecule has 1 unspecified atom stereocenters. The third kappa shape index (κ3) is 3.07. The van der Waals surface area contributed by atoms with E-state index in [0.717, 1.165) is 30.0 Å². The Morgan fingerprint density at radius 1 is 1.25 bits per heavy atom. The third-order valence-corrected chi connectivity index (χ3v) is 3.62. The first-order valence-corrected chi connectivity index (χ1v) is 6.98. The Bertz CT molecular complexity index is 572. The van der Waals surface area contributed by atoms with Crippen LogP contribution >= 0.6 is 0 Å². The van der Waals surface area contributed by atoms with Crippen molar-refractivity contribution in [3.8, 4) is 5.69 Å². The maximum atomic E-state index is 13.0. The van der Waals surface area contributed by atoms with Gasteiger partial charge in [0.15, 0.2) is 0 Å². The minimum absolute atomic E-state index is 0.224. The van der Waals surface area contributed by atoms with Gasteiger partial charge in [-0.1, -0.05) is 6.92 Å². The Morgan fingerprint density at radius 3 is 2.50 bits per heavy atom. The van der Waals surface area contributed by atoms with E-state index in [1.165, 1.54) is 17.7 Å². The number of benzene rings is 1. The van der Waals surface area contributed by atoms with Crippen LogP contribution in [0.25, 0.3) is 5.69 Å². The Hall–Kier alpha value is -1.68. The molecule has 3 nitrogen and oxygen atoms in total. The molecule has 0 aliphatic rings. The summed E-state index contributed by atoms with van der Waals surface area (Å²) in [5, 5.41) is 7.80. The first kappa shape index (κ1) is 14.7. The number of halogens is 1. The number of rotatable bonds is 5. The zero-order valence-corrected chi connectivity index (χ0v) is 12.6. The summed E-state index contributed by atoms with van der Waals surface area (Å²) in [6.45, 7) is 7.32. The molecule has 0 saturated carbocycles. The van der Waals surface area contributed by atoms with E-state index in [1.54, 1.807) is 12.1 Å². The van der Waals surface area contributed by atoms with Crippen LogP contribution in [0.15, 0.2) is 24.3 Å². The second kappa shape index (κ2) is 6.18. The van der Waals surface area contributed by atoms with Gasteiger partial charge >= 0.3 is 0 Å². The summed E-state index contributed by atoms with van der Waals surface area (Å²) in [6.07, 6.45) is 1.000. The quantitative estimate of drug-likeness (QED) is 0.909. The summed E-state index contributed by atoms with van der Waals surface area (Å²) in [7, 11) is 1.97. The molecular formula is C16H22FN3. The molecule has 0 radical (unpaired) electrons. The van der Waals surface area contributed by atoms with Gasteiger partial charge in [-0.25, -0.2) is 9.07 Å². The van der Waals surface area contributed by atoms with Gasteiger partial charge in [0.25, 0.3) is 0 Å². The van der Waals surface area contributed by atoms with Crippen molar-refractivity contribution in [3.05, 3.63) is 47.0 Å². The monoisotopic (exact) mass is 275 g/mol. The molecule has 0 aliphatic carbocycles. The molecule has 1 atom stereocenters. The number of hydrogen-bond donors (Lipinski definition) is 1. The van der Waals surface area contributed by atoms with Crippen LogP contribution in [0.5, 0.6) is 0 Å². The van der Waals surface area contributed by atoms with Crippen molar-refractivity contribution in [2.75, 3.05) is 13.6 Å². The lowest BCUT2D eigenvalue weighted by Crippen LogP contribution is -2.18. The fourth-order valence-electron chi connectivity index (χ4n) is 2.57. The van der Waals surface area contributed by atoms with Crippen LogP contribution < -0.4 is 5.32 Å². The van der Waals surface area contributed by atoms with Gasteiger partial charge in [0.05, 0.1) is 11.4 Å². The average molecular weight is 275 g/mol. The SMILES string of the molecule is CNCC(C)Cc1c(C)nn(-c2ccc(F)cc2)c1C. The topological polar surface area (TPSA) is 29.9 Å². The smallest absolute Gasteiger partial charge is 0.123 e. The summed E-state index contributed by atoms with van der Waals surface area (Å²) in [4.78, 5) is 0. The molecule has 0 spiro atoms. The predicted molar refractivity (Wildman–Crippen MR) is 79.8 cm³/mol. The molecule has 1 N–H and O–H groups in total. The van der Waals surface area contributed by atoms with Gasteiger partial charge in [0.2, 0.25) is 0 Å². The zero-order valence-electron chi connectivity index (χ0n) is 12.6. The lowest BCUT2D eigenvalue weighted by Gasteiger charge is -2.11. The highest BCUT2D eigenvalue weighted by Crippen LogP contribution is 2.21. The van der Waals surface area contributed by atoms with Crippen molar-refractivity contribution < 1.29 is 4.39 Å². The van der Waals surface area contributed by atoms with E-state index in [9.17, 15) is 4.39 Å². The van der Waals surface area contributed by atoms with Crippen molar-refractivity contribution in [1.82, 2.24) is 15.1 Å². The minimum atomic E-state index is -0.224. The maximum Gasteiger partial charge on any atom is 0.123 e. The molecule has 0 fully saturated rings. The fraction of sp³-hybridized carbons (Fsp3) is 0.438. The molecule has 0 bridgehead atoms. The summed E-state index contributed by atoms with van der Waals surface area (Å²) in [6, 6.07) is 6.45. The summed E-state index contributed by atoms with van der Waals surface area (Å²) >= 11 is 0. The Kier molecular flexibility index (Phi) is 4.55. The van der Waals surface area contributed by atoms with Crippen LogP contribution in [0.4, 0.5) is 4.39 Å². The highest BCUT2D eigenvalue weighted by atomic mass is 19.1. The van der Waals surface area contributed by atoms with Gasteiger partial charge < -0.3 is 5.32 Å². The largest absolute Gasteiger partial charge is 0.319 e. The molecule has 2 aromatic rings. The van der Waals surface area contributed by atoms with Gasteiger partial charge in [0, 0.05) is 5.69 Å². The molecule has 4 heteroatoms. The lowest BCUT2D eigenvalue weighted by molar-refractivity contribution is 0.539. The van der Waals surface area contributed by atoms with Gasteiger partial charge in [-0.05, 0) is 69.6 Å². The number of nitrogens with zero attached hydrogens (tertiary/aromatic N) is 2. The second-order valence-corrected chi connectivity index (χ2v) is 5.40. The summed E-state index contributed by atoms with van der Waals surface area (Å²) < 4.78 is 14.9. The van der Waals surface area contributed by atoms with E-state index in [4.69, 9.17) is 0 Å². The molecule has 1 aromatic carbocycles. The number of hydrogen-bond acceptors (Lipinski definition) is 2. The normalized spacial score (nSPS) is 12.7. The zero-order chi connectivity index (χ0) is 14.7. The fourth-order valence-corrected chi connectivity index (χ4v) is 2.57. The van der Waals surface area contributed by atoms with E-state index in [0.29, 0.717) is 5.92 Å². The van der Waals surface area contributed by atoms with Gasteiger partial charge in [-0.2, -0.15) is 5.10 Å². The van der Waals surface area contributed by atoms with Crippen LogP contribution in [0, 0.1) is 25.6 Å². The first-order valence-electron chi connectivity index (χ1n) is 6.98. The van der Waals surface area contributed by atoms with E-state index >= 15 is 0 Å². The van der Waals surface area contributed by atoms with Crippen molar-refractivity contribution in [2.24, 2.45) is 5.92 Å². The van der Waals surface area contributed by atoms with E-state index in [2.05, 4.69) is 24.3 Å². The molecule has 1 heterocycles. The standard InChI is InChI=1S/C16H22FN3/c1-11(10-18-4)9-16-12(2)19-20(13(16)3)15-7-5-14(17)6-8-15/h5-8,11,18H,9-10H2,1-4H3. The molecule has 0 saturated heterocycles. The number of aryl methyl sites for hydroxylation is 1. The van der Waals surface area contributed by atoms with Gasteiger partial charge in [0.1, 0.15) is 5.82 Å². The molecule has 20 heavy (non-hydrogen) atoms. The molecule has 0 amide bonds. The Morgan fingerprint density at radius 2 is 1.90 bits per heavy atom. The predicted octanol–water partition coefficient (Wildman–Crippen LogP) is 3.03. The van der Waals surface area contributed by atoms with E-state index in [-0.39, 0.29) is 5.82 Å². The van der Waals surface area contributed by atoms with Gasteiger partial charge in [-0.3, -0.25) is 0 Å². The van der Waals surface area contributed by atoms with E-state index in [1.807, 2.05) is 18.7 Å². The Balaban J connectivity index is 2.31. The molecule has 1 aromatic heterocycles. The van der Waals surface area contributed by atoms with Crippen LogP contribution in [0.3, 0.4) is 0 Å². The molecule has 108 valence electrons. The van der Waals surface area contributed by atoms with Crippen LogP contribution in [-0.4, -0.2) is 23.4 Å². The van der Waals surface area contributed by atoms with Crippen molar-refractivity contribution in [1.29, 1.82) is 0 Å². The van der Waals surface area contributed by atoms with Crippen LogP contribution in [0.1, 0.15) is 23.9 Å². The van der Waals surface area contributed by atoms with Crippen molar-refractivity contribution >= 4 is 0 Å². The highest BCUT2D eigenvalue weighted by Gasteiger charge is 2.15. The number of nitrogens with one attached hydrogen (secondary N) is 1. The third-order valence-electron chi connectivity index (χ3n) is 3.62. The van der Waals surface area contributed by atoms with Crippen molar-refractivity contribution in [3.63, 3.8) is 0 Å². The van der Waals surface area contributed by atoms with E-state index < -0.39 is 0 Å². The molecule has 0 aliphatic heterocycles. The second-order valence-electron chi connectivity index (χ2n) is 5.40. The molecular weight excluding hydrogens is 253 g/mol. The average Bonchev–Trinajstić information content (AvgIpc) is 2.68. The van der Waals surface area contributed by atoms with Crippen LogP contribution in [-0.2, 0) is 6.42 Å². The highest BCUT2D eigenvalue weighted by molar-refractivity contribution is 5.37. The number of aromatic nitrogens is 2. The maximum absolute atomic E-state index is 13.0. The lowest BCUT2D eigenvalue weighted by atomic mass is 9.99. The van der Waals surface area contributed by atoms with Crippen molar-refractivity contribution in [2.45, 2.75) is 27.2 Å². The molecule has 2 rings (SSSR count). The Labute approximate surface area is 119 Å². The van der Waals surface area contributed by atoms with Crippen LogP contribution in [0.2, 0.25) is 0 Å². The van der Waals surface area contributed by atoms with Gasteiger partial charge in [-0.15, -0.1) is 0 Å². The minimum Gasteiger partial charge on any atom is -0.319 e. The summed E-state index contributed by atoms with van der Waals surface area (Å²) in [5.74, 6) is 0.335. The first-order chi connectivity index (χ1) is 9.52.